The lowest BCUT2D eigenvalue weighted by Crippen LogP contribution is -2.09. The first kappa shape index (κ1) is 15.2. The van der Waals surface area contributed by atoms with Gasteiger partial charge < -0.3 is 10.4 Å². The van der Waals surface area contributed by atoms with Crippen molar-refractivity contribution in [1.29, 1.82) is 0 Å². The zero-order valence-electron chi connectivity index (χ0n) is 11.4. The van der Waals surface area contributed by atoms with Crippen LogP contribution in [0.15, 0.2) is 6.07 Å². The molecule has 5 heteroatoms. The fraction of sp³-hybridized carbons (Fsp3) is 0.692. The van der Waals surface area contributed by atoms with Crippen molar-refractivity contribution in [1.82, 2.24) is 9.97 Å². The number of aliphatic hydroxyl groups is 1. The molecule has 0 fully saturated rings. The minimum Gasteiger partial charge on any atom is -0.396 e. The first-order valence-electron chi connectivity index (χ1n) is 6.41. The molecule has 2 N–H and O–H groups in total. The number of hydrogen-bond acceptors (Lipinski definition) is 5. The van der Waals surface area contributed by atoms with Crippen LogP contribution in [0, 0.1) is 6.92 Å². The monoisotopic (exact) mass is 269 g/mol. The molecule has 0 spiro atoms. The van der Waals surface area contributed by atoms with Crippen LogP contribution in [-0.2, 0) is 0 Å². The Kier molecular flexibility index (Phi) is 7.05. The lowest BCUT2D eigenvalue weighted by atomic mass is 10.2. The van der Waals surface area contributed by atoms with E-state index in [1.54, 1.807) is 0 Å². The summed E-state index contributed by atoms with van der Waals surface area (Å²) >= 11 is 1.85. The molecule has 0 aromatic carbocycles. The quantitative estimate of drug-likeness (QED) is 0.710. The van der Waals surface area contributed by atoms with Gasteiger partial charge in [-0.1, -0.05) is 13.8 Å². The van der Waals surface area contributed by atoms with E-state index >= 15 is 0 Å². The highest BCUT2D eigenvalue weighted by Gasteiger charge is 2.05. The molecule has 0 amide bonds. The summed E-state index contributed by atoms with van der Waals surface area (Å²) in [7, 11) is 0. The maximum absolute atomic E-state index is 8.67. The smallest absolute Gasteiger partial charge is 0.133 e. The van der Waals surface area contributed by atoms with Crippen LogP contribution in [0.4, 0.5) is 5.82 Å². The highest BCUT2D eigenvalue weighted by molar-refractivity contribution is 7.99. The Morgan fingerprint density at radius 3 is 2.78 bits per heavy atom. The second kappa shape index (κ2) is 8.32. The van der Waals surface area contributed by atoms with Crippen LogP contribution in [0.25, 0.3) is 0 Å². The van der Waals surface area contributed by atoms with E-state index in [-0.39, 0.29) is 6.61 Å². The van der Waals surface area contributed by atoms with Gasteiger partial charge in [-0.05, 0) is 19.1 Å². The number of aliphatic hydroxyl groups excluding tert-OH is 1. The SMILES string of the molecule is Cc1cc(NCCSCCCO)nc(C(C)C)n1. The summed E-state index contributed by atoms with van der Waals surface area (Å²) in [4.78, 5) is 8.91. The van der Waals surface area contributed by atoms with Crippen LogP contribution in [-0.4, -0.2) is 39.7 Å². The zero-order valence-corrected chi connectivity index (χ0v) is 12.3. The molecule has 0 unspecified atom stereocenters. The van der Waals surface area contributed by atoms with Crippen molar-refractivity contribution in [3.63, 3.8) is 0 Å². The van der Waals surface area contributed by atoms with E-state index in [4.69, 9.17) is 5.11 Å². The molecule has 18 heavy (non-hydrogen) atoms. The topological polar surface area (TPSA) is 58.0 Å². The highest BCUT2D eigenvalue weighted by atomic mass is 32.2. The van der Waals surface area contributed by atoms with Crippen LogP contribution in [0.2, 0.25) is 0 Å². The number of hydrogen-bond donors (Lipinski definition) is 2. The fourth-order valence-electron chi connectivity index (χ4n) is 1.46. The van der Waals surface area contributed by atoms with Crippen molar-refractivity contribution < 1.29 is 5.11 Å². The van der Waals surface area contributed by atoms with E-state index in [2.05, 4.69) is 29.1 Å². The maximum Gasteiger partial charge on any atom is 0.133 e. The summed E-state index contributed by atoms with van der Waals surface area (Å²) in [6, 6.07) is 1.98. The summed E-state index contributed by atoms with van der Waals surface area (Å²) < 4.78 is 0. The number of aromatic nitrogens is 2. The molecule has 0 aliphatic rings. The molecule has 0 saturated heterocycles. The number of thioether (sulfide) groups is 1. The minimum atomic E-state index is 0.281. The van der Waals surface area contributed by atoms with Gasteiger partial charge in [0.2, 0.25) is 0 Å². The standard InChI is InChI=1S/C13H23N3OS/c1-10(2)13-15-11(3)9-12(16-13)14-5-8-18-7-4-6-17/h9-10,17H,4-8H2,1-3H3,(H,14,15,16). The van der Waals surface area contributed by atoms with Gasteiger partial charge in [-0.2, -0.15) is 11.8 Å². The molecule has 102 valence electrons. The van der Waals surface area contributed by atoms with Crippen molar-refractivity contribution in [3.8, 4) is 0 Å². The van der Waals surface area contributed by atoms with Crippen LogP contribution in [0.1, 0.15) is 37.7 Å². The second-order valence-corrected chi connectivity index (χ2v) is 5.75. The third-order valence-corrected chi connectivity index (χ3v) is 3.46. The Morgan fingerprint density at radius 2 is 2.11 bits per heavy atom. The van der Waals surface area contributed by atoms with Crippen LogP contribution >= 0.6 is 11.8 Å². The molecular weight excluding hydrogens is 246 g/mol. The van der Waals surface area contributed by atoms with Crippen molar-refractivity contribution in [2.75, 3.05) is 30.0 Å². The zero-order chi connectivity index (χ0) is 13.4. The summed E-state index contributed by atoms with van der Waals surface area (Å²) in [5.74, 6) is 4.20. The molecule has 1 aromatic rings. The largest absolute Gasteiger partial charge is 0.396 e. The predicted molar refractivity (Wildman–Crippen MR) is 78.4 cm³/mol. The van der Waals surface area contributed by atoms with Gasteiger partial charge in [0.15, 0.2) is 0 Å². The summed E-state index contributed by atoms with van der Waals surface area (Å²) in [5.41, 5.74) is 1.00. The molecule has 0 radical (unpaired) electrons. The van der Waals surface area contributed by atoms with Gasteiger partial charge in [-0.15, -0.1) is 0 Å². The molecule has 0 atom stereocenters. The molecular formula is C13H23N3OS. The number of nitrogens with zero attached hydrogens (tertiary/aromatic N) is 2. The Bertz CT molecular complexity index is 358. The summed E-state index contributed by atoms with van der Waals surface area (Å²) in [6.45, 7) is 7.37. The Labute approximate surface area is 114 Å². The third-order valence-electron chi connectivity index (χ3n) is 2.39. The molecule has 1 aromatic heterocycles. The predicted octanol–water partition coefficient (Wildman–Crippen LogP) is 2.44. The Morgan fingerprint density at radius 1 is 1.33 bits per heavy atom. The van der Waals surface area contributed by atoms with Crippen molar-refractivity contribution >= 4 is 17.6 Å². The van der Waals surface area contributed by atoms with Gasteiger partial charge in [0.1, 0.15) is 11.6 Å². The summed E-state index contributed by atoms with van der Waals surface area (Å²) in [5, 5.41) is 12.0. The molecule has 1 heterocycles. The Hall–Kier alpha value is -0.810. The molecule has 1 rings (SSSR count). The van der Waals surface area contributed by atoms with Gasteiger partial charge >= 0.3 is 0 Å². The maximum atomic E-state index is 8.67. The molecule has 4 nitrogen and oxygen atoms in total. The number of anilines is 1. The molecule has 0 saturated carbocycles. The van der Waals surface area contributed by atoms with E-state index < -0.39 is 0 Å². The van der Waals surface area contributed by atoms with Gasteiger partial charge in [0.25, 0.3) is 0 Å². The third kappa shape index (κ3) is 5.69. The van der Waals surface area contributed by atoms with Crippen molar-refractivity contribution in [2.45, 2.75) is 33.1 Å². The number of rotatable bonds is 8. The summed E-state index contributed by atoms with van der Waals surface area (Å²) in [6.07, 6.45) is 0.870. The lowest BCUT2D eigenvalue weighted by molar-refractivity contribution is 0.296. The lowest BCUT2D eigenvalue weighted by Gasteiger charge is -2.10. The average Bonchev–Trinajstić information content (AvgIpc) is 2.33. The van der Waals surface area contributed by atoms with E-state index in [9.17, 15) is 0 Å². The average molecular weight is 269 g/mol. The number of aryl methyl sites for hydroxylation is 1. The fourth-order valence-corrected chi connectivity index (χ4v) is 2.24. The second-order valence-electron chi connectivity index (χ2n) is 4.52. The van der Waals surface area contributed by atoms with Gasteiger partial charge in [-0.25, -0.2) is 9.97 Å². The van der Waals surface area contributed by atoms with Crippen LogP contribution < -0.4 is 5.32 Å². The number of nitrogens with one attached hydrogen (secondary N) is 1. The van der Waals surface area contributed by atoms with Crippen molar-refractivity contribution in [2.24, 2.45) is 0 Å². The van der Waals surface area contributed by atoms with Gasteiger partial charge in [0.05, 0.1) is 0 Å². The normalized spacial score (nSPS) is 10.9. The molecule has 0 bridgehead atoms. The first-order chi connectivity index (χ1) is 8.63. The van der Waals surface area contributed by atoms with Crippen LogP contribution in [0.3, 0.4) is 0 Å². The van der Waals surface area contributed by atoms with Gasteiger partial charge in [0, 0.05) is 36.6 Å². The van der Waals surface area contributed by atoms with E-state index in [1.165, 1.54) is 0 Å². The molecule has 0 aliphatic heterocycles. The minimum absolute atomic E-state index is 0.281. The van der Waals surface area contributed by atoms with E-state index in [1.807, 2.05) is 24.8 Å². The van der Waals surface area contributed by atoms with Crippen LogP contribution in [0.5, 0.6) is 0 Å². The highest BCUT2D eigenvalue weighted by Crippen LogP contribution is 2.13. The Balaban J connectivity index is 2.37. The van der Waals surface area contributed by atoms with Gasteiger partial charge in [-0.3, -0.25) is 0 Å². The van der Waals surface area contributed by atoms with E-state index in [0.29, 0.717) is 5.92 Å². The molecule has 0 aliphatic carbocycles. The first-order valence-corrected chi connectivity index (χ1v) is 7.57. The van der Waals surface area contributed by atoms with E-state index in [0.717, 1.165) is 41.8 Å². The van der Waals surface area contributed by atoms with Crippen molar-refractivity contribution in [3.05, 3.63) is 17.6 Å².